The van der Waals surface area contributed by atoms with Gasteiger partial charge in [-0.25, -0.2) is 0 Å². The lowest BCUT2D eigenvalue weighted by atomic mass is 10.1. The highest BCUT2D eigenvalue weighted by Gasteiger charge is 2.15. The van der Waals surface area contributed by atoms with E-state index in [1.807, 2.05) is 25.1 Å². The van der Waals surface area contributed by atoms with Crippen LogP contribution in [0.5, 0.6) is 5.75 Å². The third kappa shape index (κ3) is 4.03. The van der Waals surface area contributed by atoms with E-state index < -0.39 is 10.1 Å². The Hall–Kier alpha value is -2.31. The van der Waals surface area contributed by atoms with Gasteiger partial charge in [-0.15, -0.1) is 0 Å². The molecule has 0 amide bonds. The lowest BCUT2D eigenvalue weighted by Gasteiger charge is -2.06. The van der Waals surface area contributed by atoms with Gasteiger partial charge >= 0.3 is 0 Å². The van der Waals surface area contributed by atoms with Crippen molar-refractivity contribution in [3.8, 4) is 5.75 Å². The molecule has 25 heavy (non-hydrogen) atoms. The van der Waals surface area contributed by atoms with E-state index in [2.05, 4.69) is 0 Å². The van der Waals surface area contributed by atoms with Crippen molar-refractivity contribution in [2.75, 3.05) is 13.7 Å². The molecule has 0 atom stereocenters. The first-order valence-electron chi connectivity index (χ1n) is 8.00. The van der Waals surface area contributed by atoms with Crippen molar-refractivity contribution in [1.82, 2.24) is 0 Å². The molecule has 6 heteroatoms. The third-order valence-corrected chi connectivity index (χ3v) is 5.33. The van der Waals surface area contributed by atoms with Crippen molar-refractivity contribution >= 4 is 21.1 Å². The first-order chi connectivity index (χ1) is 12.0. The second kappa shape index (κ2) is 7.29. The highest BCUT2D eigenvalue weighted by molar-refractivity contribution is 7.86. The number of hydrogen-bond acceptors (Lipinski definition) is 5. The second-order valence-corrected chi connectivity index (χ2v) is 7.43. The van der Waals surface area contributed by atoms with Gasteiger partial charge < -0.3 is 9.15 Å². The highest BCUT2D eigenvalue weighted by atomic mass is 32.2. The van der Waals surface area contributed by atoms with Crippen molar-refractivity contribution in [2.24, 2.45) is 0 Å². The maximum absolute atomic E-state index is 12.1. The summed E-state index contributed by atoms with van der Waals surface area (Å²) in [5, 5.41) is 0.973. The zero-order chi connectivity index (χ0) is 17.9. The molecule has 0 aliphatic rings. The molecule has 0 aliphatic heterocycles. The molecule has 0 spiro atoms. The number of ether oxygens (including phenoxy) is 1. The van der Waals surface area contributed by atoms with Crippen molar-refractivity contribution in [3.05, 3.63) is 59.9 Å². The molecule has 1 aromatic heterocycles. The standard InChI is InChI=1S/C19H20O5S/c1-14-5-8-17(9-6-14)25(20,21)24-11-3-4-15-13-23-19-10-7-16(22-2)12-18(15)19/h5-10,12-13H,3-4,11H2,1-2H3. The van der Waals surface area contributed by atoms with E-state index in [9.17, 15) is 8.42 Å². The number of fused-ring (bicyclic) bond motifs is 1. The molecule has 0 N–H and O–H groups in total. The van der Waals surface area contributed by atoms with Gasteiger partial charge in [-0.2, -0.15) is 8.42 Å². The zero-order valence-corrected chi connectivity index (χ0v) is 15.0. The topological polar surface area (TPSA) is 65.7 Å². The molecule has 0 fully saturated rings. The Morgan fingerprint density at radius 1 is 1.08 bits per heavy atom. The number of benzene rings is 2. The van der Waals surface area contributed by atoms with E-state index in [4.69, 9.17) is 13.3 Å². The average Bonchev–Trinajstić information content (AvgIpc) is 3.01. The maximum atomic E-state index is 12.1. The molecule has 5 nitrogen and oxygen atoms in total. The summed E-state index contributed by atoms with van der Waals surface area (Å²) >= 11 is 0. The van der Waals surface area contributed by atoms with Crippen LogP contribution in [-0.4, -0.2) is 22.1 Å². The smallest absolute Gasteiger partial charge is 0.296 e. The fraction of sp³-hybridized carbons (Fsp3) is 0.263. The van der Waals surface area contributed by atoms with Crippen LogP contribution in [0, 0.1) is 6.92 Å². The molecule has 1 heterocycles. The van der Waals surface area contributed by atoms with Gasteiger partial charge in [-0.1, -0.05) is 17.7 Å². The Labute approximate surface area is 147 Å². The molecule has 3 rings (SSSR count). The van der Waals surface area contributed by atoms with Gasteiger partial charge in [-0.05, 0) is 55.7 Å². The summed E-state index contributed by atoms with van der Waals surface area (Å²) < 4.78 is 40.2. The van der Waals surface area contributed by atoms with Crippen LogP contribution >= 0.6 is 0 Å². The Morgan fingerprint density at radius 3 is 2.56 bits per heavy atom. The van der Waals surface area contributed by atoms with Gasteiger partial charge in [0.1, 0.15) is 11.3 Å². The summed E-state index contributed by atoms with van der Waals surface area (Å²) in [6, 6.07) is 12.2. The number of hydrogen-bond donors (Lipinski definition) is 0. The van der Waals surface area contributed by atoms with Crippen molar-refractivity contribution in [1.29, 1.82) is 0 Å². The van der Waals surface area contributed by atoms with Gasteiger partial charge in [0.25, 0.3) is 10.1 Å². The molecule has 0 saturated heterocycles. The Morgan fingerprint density at radius 2 is 1.84 bits per heavy atom. The van der Waals surface area contributed by atoms with Crippen LogP contribution in [0.4, 0.5) is 0 Å². The van der Waals surface area contributed by atoms with Gasteiger partial charge in [0.05, 0.1) is 24.9 Å². The molecule has 0 bridgehead atoms. The summed E-state index contributed by atoms with van der Waals surface area (Å²) in [6.45, 7) is 2.02. The quantitative estimate of drug-likeness (QED) is 0.469. The van der Waals surface area contributed by atoms with Crippen LogP contribution in [0.25, 0.3) is 11.0 Å². The summed E-state index contributed by atoms with van der Waals surface area (Å²) in [7, 11) is -2.10. The van der Waals surface area contributed by atoms with E-state index in [0.29, 0.717) is 12.8 Å². The van der Waals surface area contributed by atoms with Crippen LogP contribution in [-0.2, 0) is 20.7 Å². The van der Waals surface area contributed by atoms with E-state index in [1.165, 1.54) is 0 Å². The normalized spacial score (nSPS) is 11.8. The Balaban J connectivity index is 1.61. The fourth-order valence-corrected chi connectivity index (χ4v) is 3.53. The number of rotatable bonds is 7. The minimum Gasteiger partial charge on any atom is -0.497 e. The van der Waals surface area contributed by atoms with Crippen LogP contribution in [0.1, 0.15) is 17.5 Å². The van der Waals surface area contributed by atoms with Crippen LogP contribution in [0.3, 0.4) is 0 Å². The summed E-state index contributed by atoms with van der Waals surface area (Å²) in [5.41, 5.74) is 2.79. The third-order valence-electron chi connectivity index (χ3n) is 4.00. The Kier molecular flexibility index (Phi) is 5.11. The van der Waals surface area contributed by atoms with Crippen LogP contribution in [0.15, 0.2) is 58.0 Å². The first kappa shape index (κ1) is 17.5. The van der Waals surface area contributed by atoms with Crippen molar-refractivity contribution < 1.29 is 21.8 Å². The number of furan rings is 1. The number of methoxy groups -OCH3 is 1. The fourth-order valence-electron chi connectivity index (χ4n) is 2.59. The monoisotopic (exact) mass is 360 g/mol. The molecule has 2 aromatic carbocycles. The second-order valence-electron chi connectivity index (χ2n) is 5.82. The van der Waals surface area contributed by atoms with Crippen molar-refractivity contribution in [2.45, 2.75) is 24.7 Å². The molecule has 132 valence electrons. The highest BCUT2D eigenvalue weighted by Crippen LogP contribution is 2.26. The van der Waals surface area contributed by atoms with Gasteiger partial charge in [0.15, 0.2) is 0 Å². The molecule has 0 saturated carbocycles. The van der Waals surface area contributed by atoms with Gasteiger partial charge in [0.2, 0.25) is 0 Å². The summed E-state index contributed by atoms with van der Waals surface area (Å²) in [5.74, 6) is 0.758. The average molecular weight is 360 g/mol. The SMILES string of the molecule is COc1ccc2occ(CCCOS(=O)(=O)c3ccc(C)cc3)c2c1. The Bertz CT molecular complexity index is 955. The molecular weight excluding hydrogens is 340 g/mol. The van der Waals surface area contributed by atoms with Crippen LogP contribution < -0.4 is 4.74 Å². The molecule has 0 aliphatic carbocycles. The lowest BCUT2D eigenvalue weighted by Crippen LogP contribution is -2.08. The molecule has 0 unspecified atom stereocenters. The van der Waals surface area contributed by atoms with Crippen molar-refractivity contribution in [3.63, 3.8) is 0 Å². The van der Waals surface area contributed by atoms with E-state index in [0.717, 1.165) is 27.8 Å². The lowest BCUT2D eigenvalue weighted by molar-refractivity contribution is 0.312. The number of aryl methyl sites for hydroxylation is 2. The molecule has 0 radical (unpaired) electrons. The van der Waals surface area contributed by atoms with E-state index in [-0.39, 0.29) is 11.5 Å². The van der Waals surface area contributed by atoms with E-state index >= 15 is 0 Å². The largest absolute Gasteiger partial charge is 0.497 e. The summed E-state index contributed by atoms with van der Waals surface area (Å²) in [6.07, 6.45) is 2.92. The first-order valence-corrected chi connectivity index (χ1v) is 9.40. The predicted molar refractivity (Wildman–Crippen MR) is 95.4 cm³/mol. The van der Waals surface area contributed by atoms with Crippen LogP contribution in [0.2, 0.25) is 0 Å². The molecular formula is C19H20O5S. The minimum atomic E-state index is -3.71. The maximum Gasteiger partial charge on any atom is 0.296 e. The minimum absolute atomic E-state index is 0.118. The summed E-state index contributed by atoms with van der Waals surface area (Å²) in [4.78, 5) is 0.177. The van der Waals surface area contributed by atoms with Gasteiger partial charge in [-0.3, -0.25) is 4.18 Å². The molecule has 3 aromatic rings. The zero-order valence-electron chi connectivity index (χ0n) is 14.2. The van der Waals surface area contributed by atoms with Gasteiger partial charge in [0, 0.05) is 5.39 Å². The predicted octanol–water partition coefficient (Wildman–Crippen LogP) is 4.09. The van der Waals surface area contributed by atoms with E-state index in [1.54, 1.807) is 37.6 Å².